The molecule has 0 radical (unpaired) electrons. The fourth-order valence-corrected chi connectivity index (χ4v) is 3.50. The SMILES string of the molecule is CC(=O)N1N=C(c2c(C)coc2C)CC1c1ccc(Cl)cc1Cl. The highest BCUT2D eigenvalue weighted by atomic mass is 35.5. The summed E-state index contributed by atoms with van der Waals surface area (Å²) in [6.45, 7) is 5.36. The molecule has 23 heavy (non-hydrogen) atoms. The maximum Gasteiger partial charge on any atom is 0.240 e. The van der Waals surface area contributed by atoms with Crippen LogP contribution in [0.3, 0.4) is 0 Å². The lowest BCUT2D eigenvalue weighted by Gasteiger charge is -2.21. The van der Waals surface area contributed by atoms with Crippen LogP contribution in [0.4, 0.5) is 0 Å². The molecule has 0 fully saturated rings. The van der Waals surface area contributed by atoms with E-state index in [1.807, 2.05) is 19.9 Å². The Labute approximate surface area is 144 Å². The van der Waals surface area contributed by atoms with Crippen LogP contribution in [-0.4, -0.2) is 16.6 Å². The molecule has 1 atom stereocenters. The summed E-state index contributed by atoms with van der Waals surface area (Å²) in [5, 5.41) is 7.10. The van der Waals surface area contributed by atoms with E-state index in [-0.39, 0.29) is 11.9 Å². The number of nitrogens with zero attached hydrogens (tertiary/aromatic N) is 2. The van der Waals surface area contributed by atoms with Crippen LogP contribution in [0.2, 0.25) is 10.0 Å². The predicted molar refractivity (Wildman–Crippen MR) is 91.1 cm³/mol. The van der Waals surface area contributed by atoms with Gasteiger partial charge in [-0.15, -0.1) is 0 Å². The van der Waals surface area contributed by atoms with Crippen molar-refractivity contribution in [2.75, 3.05) is 0 Å². The molecule has 3 rings (SSSR count). The molecular weight excluding hydrogens is 335 g/mol. The first-order valence-corrected chi connectivity index (χ1v) is 8.01. The molecule has 6 heteroatoms. The molecular formula is C17H16Cl2N2O2. The lowest BCUT2D eigenvalue weighted by atomic mass is 9.97. The minimum absolute atomic E-state index is 0.130. The van der Waals surface area contributed by atoms with Crippen molar-refractivity contribution in [3.05, 3.63) is 57.0 Å². The predicted octanol–water partition coefficient (Wildman–Crippen LogP) is 4.90. The van der Waals surface area contributed by atoms with Crippen LogP contribution in [0, 0.1) is 13.8 Å². The lowest BCUT2D eigenvalue weighted by molar-refractivity contribution is -0.130. The minimum Gasteiger partial charge on any atom is -0.469 e. The van der Waals surface area contributed by atoms with Crippen molar-refractivity contribution in [2.24, 2.45) is 5.10 Å². The largest absolute Gasteiger partial charge is 0.469 e. The van der Waals surface area contributed by atoms with Gasteiger partial charge in [0.25, 0.3) is 0 Å². The Morgan fingerprint density at radius 3 is 2.65 bits per heavy atom. The van der Waals surface area contributed by atoms with Gasteiger partial charge in [0, 0.05) is 29.0 Å². The molecule has 2 heterocycles. The molecule has 1 aliphatic heterocycles. The molecule has 0 bridgehead atoms. The number of halogens is 2. The molecule has 0 saturated heterocycles. The van der Waals surface area contributed by atoms with E-state index in [0.29, 0.717) is 16.5 Å². The molecule has 4 nitrogen and oxygen atoms in total. The molecule has 0 N–H and O–H groups in total. The van der Waals surface area contributed by atoms with Crippen molar-refractivity contribution in [1.29, 1.82) is 0 Å². The second kappa shape index (κ2) is 6.02. The van der Waals surface area contributed by atoms with Crippen molar-refractivity contribution in [1.82, 2.24) is 5.01 Å². The third kappa shape index (κ3) is 2.89. The fraction of sp³-hybridized carbons (Fsp3) is 0.294. The number of hydrogen-bond donors (Lipinski definition) is 0. The average Bonchev–Trinajstić information content (AvgIpc) is 3.03. The monoisotopic (exact) mass is 350 g/mol. The van der Waals surface area contributed by atoms with Gasteiger partial charge < -0.3 is 4.42 Å². The molecule has 120 valence electrons. The lowest BCUT2D eigenvalue weighted by Crippen LogP contribution is -2.24. The number of hydrazone groups is 1. The first-order chi connectivity index (χ1) is 10.9. The van der Waals surface area contributed by atoms with Gasteiger partial charge in [0.15, 0.2) is 0 Å². The van der Waals surface area contributed by atoms with Gasteiger partial charge in [-0.2, -0.15) is 5.10 Å². The van der Waals surface area contributed by atoms with Gasteiger partial charge in [-0.1, -0.05) is 29.3 Å². The van der Waals surface area contributed by atoms with E-state index < -0.39 is 0 Å². The van der Waals surface area contributed by atoms with E-state index in [2.05, 4.69) is 5.10 Å². The Balaban J connectivity index is 2.02. The van der Waals surface area contributed by atoms with Crippen LogP contribution in [-0.2, 0) is 4.79 Å². The number of aryl methyl sites for hydroxylation is 2. The number of rotatable bonds is 2. The van der Waals surface area contributed by atoms with E-state index >= 15 is 0 Å². The van der Waals surface area contributed by atoms with Crippen molar-refractivity contribution in [3.8, 4) is 0 Å². The van der Waals surface area contributed by atoms with Crippen LogP contribution >= 0.6 is 23.2 Å². The van der Waals surface area contributed by atoms with Gasteiger partial charge in [-0.3, -0.25) is 4.79 Å². The van der Waals surface area contributed by atoms with Crippen molar-refractivity contribution < 1.29 is 9.21 Å². The number of carbonyl (C=O) groups excluding carboxylic acids is 1. The summed E-state index contributed by atoms with van der Waals surface area (Å²) in [6, 6.07) is 5.07. The number of amides is 1. The summed E-state index contributed by atoms with van der Waals surface area (Å²) in [5.41, 5.74) is 3.64. The average molecular weight is 351 g/mol. The second-order valence-electron chi connectivity index (χ2n) is 5.65. The Morgan fingerprint density at radius 2 is 2.09 bits per heavy atom. The molecule has 1 aliphatic rings. The van der Waals surface area contributed by atoms with E-state index in [4.69, 9.17) is 27.6 Å². The van der Waals surface area contributed by atoms with E-state index in [1.54, 1.807) is 18.4 Å². The third-order valence-corrected chi connectivity index (χ3v) is 4.56. The van der Waals surface area contributed by atoms with Gasteiger partial charge in [0.05, 0.1) is 18.0 Å². The minimum atomic E-state index is -0.235. The van der Waals surface area contributed by atoms with E-state index in [0.717, 1.165) is 28.2 Å². The molecule has 0 spiro atoms. The highest BCUT2D eigenvalue weighted by Crippen LogP contribution is 2.38. The third-order valence-electron chi connectivity index (χ3n) is 4.00. The Bertz CT molecular complexity index is 791. The molecule has 0 aliphatic carbocycles. The molecule has 1 amide bonds. The van der Waals surface area contributed by atoms with Crippen molar-refractivity contribution in [3.63, 3.8) is 0 Å². The number of hydrogen-bond acceptors (Lipinski definition) is 3. The smallest absolute Gasteiger partial charge is 0.240 e. The maximum absolute atomic E-state index is 12.0. The number of benzene rings is 1. The Kier molecular flexibility index (Phi) is 4.21. The zero-order valence-corrected chi connectivity index (χ0v) is 14.6. The number of carbonyl (C=O) groups is 1. The van der Waals surface area contributed by atoms with Gasteiger partial charge in [-0.25, -0.2) is 5.01 Å². The molecule has 0 saturated carbocycles. The zero-order valence-electron chi connectivity index (χ0n) is 13.1. The van der Waals surface area contributed by atoms with Gasteiger partial charge >= 0.3 is 0 Å². The zero-order chi connectivity index (χ0) is 16.7. The highest BCUT2D eigenvalue weighted by molar-refractivity contribution is 6.35. The van der Waals surface area contributed by atoms with Crippen LogP contribution < -0.4 is 0 Å². The maximum atomic E-state index is 12.0. The van der Waals surface area contributed by atoms with Crippen molar-refractivity contribution >= 4 is 34.8 Å². The quantitative estimate of drug-likeness (QED) is 0.772. The summed E-state index contributed by atoms with van der Waals surface area (Å²) in [6.07, 6.45) is 2.29. The molecule has 1 aromatic carbocycles. The number of furan rings is 1. The summed E-state index contributed by atoms with van der Waals surface area (Å²) in [7, 11) is 0. The Morgan fingerprint density at radius 1 is 1.35 bits per heavy atom. The second-order valence-corrected chi connectivity index (χ2v) is 6.49. The topological polar surface area (TPSA) is 45.8 Å². The summed E-state index contributed by atoms with van der Waals surface area (Å²) >= 11 is 12.3. The van der Waals surface area contributed by atoms with Crippen LogP contribution in [0.1, 0.15) is 41.8 Å². The summed E-state index contributed by atoms with van der Waals surface area (Å²) in [4.78, 5) is 12.0. The normalized spacial score (nSPS) is 17.5. The molecule has 1 unspecified atom stereocenters. The highest BCUT2D eigenvalue weighted by Gasteiger charge is 2.34. The molecule has 1 aromatic heterocycles. The standard InChI is InChI=1S/C17H16Cl2N2O2/c1-9-8-23-10(2)17(9)15-7-16(21(20-15)11(3)22)13-5-4-12(18)6-14(13)19/h4-6,8,16H,7H2,1-3H3. The van der Waals surface area contributed by atoms with Gasteiger partial charge in [-0.05, 0) is 37.1 Å². The summed E-state index contributed by atoms with van der Waals surface area (Å²) < 4.78 is 5.46. The fourth-order valence-electron chi connectivity index (χ4n) is 2.97. The van der Waals surface area contributed by atoms with Gasteiger partial charge in [0.1, 0.15) is 5.76 Å². The van der Waals surface area contributed by atoms with Crippen LogP contribution in [0.5, 0.6) is 0 Å². The summed E-state index contributed by atoms with van der Waals surface area (Å²) in [5.74, 6) is 0.669. The van der Waals surface area contributed by atoms with Gasteiger partial charge in [0.2, 0.25) is 5.91 Å². The van der Waals surface area contributed by atoms with E-state index in [9.17, 15) is 4.79 Å². The Hall–Kier alpha value is -1.78. The van der Waals surface area contributed by atoms with Crippen molar-refractivity contribution in [2.45, 2.75) is 33.2 Å². The first kappa shape index (κ1) is 16.1. The van der Waals surface area contributed by atoms with Crippen LogP contribution in [0.25, 0.3) is 0 Å². The van der Waals surface area contributed by atoms with Crippen LogP contribution in [0.15, 0.2) is 34.0 Å². The first-order valence-electron chi connectivity index (χ1n) is 7.25. The molecule has 2 aromatic rings. The van der Waals surface area contributed by atoms with E-state index in [1.165, 1.54) is 11.9 Å².